The Hall–Kier alpha value is -2.64. The van der Waals surface area contributed by atoms with Crippen LogP contribution in [-0.4, -0.2) is 36.8 Å². The predicted molar refractivity (Wildman–Crippen MR) is 92.2 cm³/mol. The first-order valence-electron chi connectivity index (χ1n) is 9.03. The lowest BCUT2D eigenvalue weighted by Crippen LogP contribution is -2.39. The van der Waals surface area contributed by atoms with Gasteiger partial charge in [0.25, 0.3) is 0 Å². The Morgan fingerprint density at radius 3 is 2.44 bits per heavy atom. The number of amides is 1. The second-order valence-electron chi connectivity index (χ2n) is 6.57. The van der Waals surface area contributed by atoms with Crippen LogP contribution in [-0.2, 0) is 23.8 Å². The summed E-state index contributed by atoms with van der Waals surface area (Å²) in [6.07, 6.45) is 0.0693. The van der Waals surface area contributed by atoms with Crippen LogP contribution in [0, 0.1) is 23.6 Å². The molecule has 27 heavy (non-hydrogen) atoms. The molecular weight excluding hydrogens is 357 g/mol. The summed E-state index contributed by atoms with van der Waals surface area (Å²) in [5.74, 6) is -3.40. The van der Waals surface area contributed by atoms with E-state index in [1.165, 1.54) is 18.2 Å². The summed E-state index contributed by atoms with van der Waals surface area (Å²) in [5.41, 5.74) is -1.34. The van der Waals surface area contributed by atoms with E-state index in [1.54, 1.807) is 19.9 Å². The zero-order valence-electron chi connectivity index (χ0n) is 15.2. The molecule has 3 rings (SSSR count). The zero-order chi connectivity index (χ0) is 19.6. The number of esters is 2. The number of carbonyl (C=O) groups excluding carboxylic acids is 3. The summed E-state index contributed by atoms with van der Waals surface area (Å²) < 4.78 is 29.5. The van der Waals surface area contributed by atoms with E-state index in [0.717, 1.165) is 0 Å². The average molecular weight is 379 g/mol. The molecule has 7 nitrogen and oxygen atoms in total. The summed E-state index contributed by atoms with van der Waals surface area (Å²) in [5, 5.41) is 2.33. The number of para-hydroxylation sites is 1. The Bertz CT molecular complexity index is 753. The molecule has 146 valence electrons. The topological polar surface area (TPSA) is 90.9 Å². The fraction of sp³-hybridized carbons (Fsp3) is 0.526. The highest BCUT2D eigenvalue weighted by Crippen LogP contribution is 2.67. The summed E-state index contributed by atoms with van der Waals surface area (Å²) in [6.45, 7) is 3.72. The van der Waals surface area contributed by atoms with Crippen molar-refractivity contribution < 1.29 is 33.0 Å². The standard InChI is InChI=1S/C19H22FNO6/c1-3-25-16(22)12-10-9-11-15(17(23)26-4-2)19(11,12)27-18(24)21-14-8-6-5-7-13(14)20/h5-8,11-12,15H,3-4,9-10H2,1-2H3,(H,21,24). The molecule has 0 aliphatic heterocycles. The number of rotatable bonds is 6. The highest BCUT2D eigenvalue weighted by atomic mass is 19.1. The van der Waals surface area contributed by atoms with E-state index >= 15 is 0 Å². The maximum Gasteiger partial charge on any atom is 0.412 e. The Morgan fingerprint density at radius 2 is 1.78 bits per heavy atom. The van der Waals surface area contributed by atoms with Crippen molar-refractivity contribution in [2.45, 2.75) is 32.3 Å². The number of hydrogen-bond acceptors (Lipinski definition) is 6. The van der Waals surface area contributed by atoms with E-state index < -0.39 is 41.3 Å². The Balaban J connectivity index is 1.80. The summed E-state index contributed by atoms with van der Waals surface area (Å²) in [6, 6.07) is 5.65. The molecule has 1 aromatic carbocycles. The van der Waals surface area contributed by atoms with Gasteiger partial charge in [0.15, 0.2) is 0 Å². The average Bonchev–Trinajstić information content (AvgIpc) is 3.10. The van der Waals surface area contributed by atoms with Crippen LogP contribution in [0.4, 0.5) is 14.9 Å². The van der Waals surface area contributed by atoms with Crippen molar-refractivity contribution in [3.05, 3.63) is 30.1 Å². The van der Waals surface area contributed by atoms with Gasteiger partial charge in [-0.2, -0.15) is 0 Å². The largest absolute Gasteiger partial charge is 0.466 e. The third-order valence-electron chi connectivity index (χ3n) is 5.16. The highest BCUT2D eigenvalue weighted by molar-refractivity contribution is 5.89. The molecule has 0 spiro atoms. The molecule has 4 atom stereocenters. The molecule has 0 aromatic heterocycles. The van der Waals surface area contributed by atoms with Crippen LogP contribution in [0.15, 0.2) is 24.3 Å². The summed E-state index contributed by atoms with van der Waals surface area (Å²) >= 11 is 0. The fourth-order valence-corrected chi connectivity index (χ4v) is 4.09. The van der Waals surface area contributed by atoms with Crippen LogP contribution in [0.25, 0.3) is 0 Å². The lowest BCUT2D eigenvalue weighted by Gasteiger charge is -2.24. The molecule has 2 aliphatic carbocycles. The number of carbonyl (C=O) groups is 3. The molecule has 0 radical (unpaired) electrons. The number of fused-ring (bicyclic) bond motifs is 1. The summed E-state index contributed by atoms with van der Waals surface area (Å²) in [4.78, 5) is 37.1. The fourth-order valence-electron chi connectivity index (χ4n) is 4.09. The van der Waals surface area contributed by atoms with Crippen molar-refractivity contribution in [2.24, 2.45) is 17.8 Å². The molecule has 0 heterocycles. The van der Waals surface area contributed by atoms with E-state index in [1.807, 2.05) is 0 Å². The van der Waals surface area contributed by atoms with Crippen LogP contribution in [0.1, 0.15) is 26.7 Å². The van der Waals surface area contributed by atoms with Gasteiger partial charge in [-0.3, -0.25) is 14.9 Å². The van der Waals surface area contributed by atoms with Crippen LogP contribution in [0.3, 0.4) is 0 Å². The van der Waals surface area contributed by atoms with E-state index in [-0.39, 0.29) is 24.8 Å². The van der Waals surface area contributed by atoms with Gasteiger partial charge < -0.3 is 14.2 Å². The van der Waals surface area contributed by atoms with Gasteiger partial charge in [0.2, 0.25) is 0 Å². The number of ether oxygens (including phenoxy) is 3. The predicted octanol–water partition coefficient (Wildman–Crippen LogP) is 2.90. The lowest BCUT2D eigenvalue weighted by molar-refractivity contribution is -0.155. The Morgan fingerprint density at radius 1 is 1.11 bits per heavy atom. The highest BCUT2D eigenvalue weighted by Gasteiger charge is 2.80. The third-order valence-corrected chi connectivity index (χ3v) is 5.16. The molecule has 2 aliphatic rings. The van der Waals surface area contributed by atoms with Gasteiger partial charge >= 0.3 is 18.0 Å². The SMILES string of the molecule is CCOC(=O)C1CCC2C(C(=O)OCC)C12OC(=O)Nc1ccccc1F. The maximum atomic E-state index is 13.8. The van der Waals surface area contributed by atoms with Crippen LogP contribution in [0.2, 0.25) is 0 Å². The molecular formula is C19H22FNO6. The number of nitrogens with one attached hydrogen (secondary N) is 1. The van der Waals surface area contributed by atoms with Crippen molar-refractivity contribution in [2.75, 3.05) is 18.5 Å². The molecule has 1 amide bonds. The van der Waals surface area contributed by atoms with Gasteiger partial charge in [-0.15, -0.1) is 0 Å². The first-order valence-corrected chi connectivity index (χ1v) is 9.03. The lowest BCUT2D eigenvalue weighted by atomic mass is 9.97. The molecule has 1 N–H and O–H groups in total. The maximum absolute atomic E-state index is 13.8. The van der Waals surface area contributed by atoms with Gasteiger partial charge in [-0.05, 0) is 38.8 Å². The van der Waals surface area contributed by atoms with Crippen LogP contribution < -0.4 is 5.32 Å². The summed E-state index contributed by atoms with van der Waals surface area (Å²) in [7, 11) is 0. The van der Waals surface area contributed by atoms with E-state index in [0.29, 0.717) is 12.8 Å². The smallest absolute Gasteiger partial charge is 0.412 e. The minimum Gasteiger partial charge on any atom is -0.466 e. The molecule has 0 bridgehead atoms. The normalized spacial score (nSPS) is 28.0. The van der Waals surface area contributed by atoms with Gasteiger partial charge in [-0.1, -0.05) is 12.1 Å². The third kappa shape index (κ3) is 3.36. The second-order valence-corrected chi connectivity index (χ2v) is 6.57. The van der Waals surface area contributed by atoms with Crippen molar-refractivity contribution in [1.82, 2.24) is 0 Å². The van der Waals surface area contributed by atoms with Gasteiger partial charge in [-0.25, -0.2) is 9.18 Å². The van der Waals surface area contributed by atoms with E-state index in [9.17, 15) is 18.8 Å². The number of hydrogen-bond donors (Lipinski definition) is 1. The van der Waals surface area contributed by atoms with Crippen LogP contribution >= 0.6 is 0 Å². The molecule has 1 aromatic rings. The van der Waals surface area contributed by atoms with Crippen molar-refractivity contribution in [1.29, 1.82) is 0 Å². The van der Waals surface area contributed by atoms with Gasteiger partial charge in [0.05, 0.1) is 24.8 Å². The number of benzene rings is 1. The van der Waals surface area contributed by atoms with E-state index in [2.05, 4.69) is 5.32 Å². The Labute approximate surface area is 156 Å². The molecule has 2 fully saturated rings. The zero-order valence-corrected chi connectivity index (χ0v) is 15.2. The monoisotopic (exact) mass is 379 g/mol. The molecule has 2 saturated carbocycles. The number of anilines is 1. The van der Waals surface area contributed by atoms with Crippen molar-refractivity contribution >= 4 is 23.7 Å². The quantitative estimate of drug-likeness (QED) is 0.604. The minimum atomic E-state index is -1.30. The first kappa shape index (κ1) is 19.1. The molecule has 8 heteroatoms. The van der Waals surface area contributed by atoms with Gasteiger partial charge in [0, 0.05) is 5.92 Å². The van der Waals surface area contributed by atoms with Crippen molar-refractivity contribution in [3.63, 3.8) is 0 Å². The molecule has 0 saturated heterocycles. The van der Waals surface area contributed by atoms with Crippen LogP contribution in [0.5, 0.6) is 0 Å². The van der Waals surface area contributed by atoms with E-state index in [4.69, 9.17) is 14.2 Å². The van der Waals surface area contributed by atoms with Gasteiger partial charge in [0.1, 0.15) is 17.3 Å². The second kappa shape index (κ2) is 7.54. The minimum absolute atomic E-state index is 0.0468. The first-order chi connectivity index (χ1) is 13.0. The van der Waals surface area contributed by atoms with Crippen molar-refractivity contribution in [3.8, 4) is 0 Å². The number of halogens is 1. The molecule has 4 unspecified atom stereocenters. The Kier molecular flexibility index (Phi) is 5.34.